The molecule has 0 aliphatic carbocycles. The second-order valence-electron chi connectivity index (χ2n) is 4.03. The molecule has 0 saturated heterocycles. The number of benzene rings is 1. The molecule has 3 nitrogen and oxygen atoms in total. The molecule has 0 aromatic heterocycles. The predicted octanol–water partition coefficient (Wildman–Crippen LogP) is 4.23. The molecule has 1 heterocycles. The molecule has 1 amide bonds. The van der Waals surface area contributed by atoms with Gasteiger partial charge in [0, 0.05) is 18.1 Å². The topological polar surface area (TPSA) is 32.7 Å². The molecule has 0 radical (unpaired) electrons. The zero-order chi connectivity index (χ0) is 13.8. The summed E-state index contributed by atoms with van der Waals surface area (Å²) >= 11 is 7.27. The summed E-state index contributed by atoms with van der Waals surface area (Å²) in [6.45, 7) is 5.81. The maximum Gasteiger partial charge on any atom is 0.286 e. The fraction of sp³-hybridized carbons (Fsp3) is 0.286. The van der Waals surface area contributed by atoms with E-state index in [1.54, 1.807) is 0 Å². The summed E-state index contributed by atoms with van der Waals surface area (Å²) in [5, 5.41) is 1.47. The van der Waals surface area contributed by atoms with Crippen LogP contribution in [0.25, 0.3) is 6.08 Å². The molecular weight excluding hydrogens is 360 g/mol. The van der Waals surface area contributed by atoms with Crippen molar-refractivity contribution in [1.82, 2.24) is 4.90 Å². The van der Waals surface area contributed by atoms with Gasteiger partial charge >= 0.3 is 0 Å². The second-order valence-corrected chi connectivity index (χ2v) is 5.48. The highest BCUT2D eigenvalue weighted by molar-refractivity contribution is 8.93. The first-order valence-electron chi connectivity index (χ1n) is 6.17. The Morgan fingerprint density at radius 3 is 2.40 bits per heavy atom. The standard InChI is InChI=1S/C14H15ClN2OS.BrH/c1-3-17(4-2)14-16-13(18)12(19-14)9-10-5-7-11(15)8-6-10;/h5-9H,3-4H2,1-2H3;1H/b12-9-;. The SMILES string of the molecule is Br.CCN(CC)C1=NC(=O)/C(=C/c2ccc(Cl)cc2)S1. The van der Waals surface area contributed by atoms with Crippen molar-refractivity contribution in [3.63, 3.8) is 0 Å². The molecule has 0 saturated carbocycles. The number of amides is 1. The lowest BCUT2D eigenvalue weighted by atomic mass is 10.2. The summed E-state index contributed by atoms with van der Waals surface area (Å²) in [5.74, 6) is -0.165. The van der Waals surface area contributed by atoms with Gasteiger partial charge in [0.1, 0.15) is 0 Å². The van der Waals surface area contributed by atoms with Gasteiger partial charge in [0.05, 0.1) is 4.91 Å². The zero-order valence-corrected chi connectivity index (χ0v) is 14.6. The molecule has 6 heteroatoms. The Hall–Kier alpha value is -0.780. The quantitative estimate of drug-likeness (QED) is 0.741. The average molecular weight is 376 g/mol. The molecular formula is C14H16BrClN2OS. The number of nitrogens with zero attached hydrogens (tertiary/aromatic N) is 2. The summed E-state index contributed by atoms with van der Waals surface area (Å²) in [6, 6.07) is 7.39. The van der Waals surface area contributed by atoms with E-state index in [0.717, 1.165) is 23.8 Å². The fourth-order valence-corrected chi connectivity index (χ4v) is 2.90. The van der Waals surface area contributed by atoms with Crippen molar-refractivity contribution in [3.8, 4) is 0 Å². The first-order chi connectivity index (χ1) is 9.13. The predicted molar refractivity (Wildman–Crippen MR) is 92.7 cm³/mol. The minimum atomic E-state index is -0.165. The van der Waals surface area contributed by atoms with Gasteiger partial charge in [-0.25, -0.2) is 0 Å². The Labute approximate surface area is 138 Å². The molecule has 0 unspecified atom stereocenters. The fourth-order valence-electron chi connectivity index (χ4n) is 1.74. The third-order valence-electron chi connectivity index (χ3n) is 2.81. The van der Waals surface area contributed by atoms with Crippen LogP contribution in [0.2, 0.25) is 5.02 Å². The maximum atomic E-state index is 11.9. The minimum absolute atomic E-state index is 0. The van der Waals surface area contributed by atoms with E-state index in [1.807, 2.05) is 30.3 Å². The van der Waals surface area contributed by atoms with Gasteiger partial charge in [0.2, 0.25) is 0 Å². The summed E-state index contributed by atoms with van der Waals surface area (Å²) < 4.78 is 0. The molecule has 20 heavy (non-hydrogen) atoms. The highest BCUT2D eigenvalue weighted by Crippen LogP contribution is 2.30. The molecule has 0 N–H and O–H groups in total. The molecule has 1 aliphatic heterocycles. The summed E-state index contributed by atoms with van der Waals surface area (Å²) in [6.07, 6.45) is 1.85. The van der Waals surface area contributed by atoms with E-state index in [-0.39, 0.29) is 22.9 Å². The summed E-state index contributed by atoms with van der Waals surface area (Å²) in [4.78, 5) is 18.7. The second kappa shape index (κ2) is 7.86. The Morgan fingerprint density at radius 1 is 1.25 bits per heavy atom. The van der Waals surface area contributed by atoms with E-state index in [1.165, 1.54) is 11.8 Å². The highest BCUT2D eigenvalue weighted by atomic mass is 79.9. The van der Waals surface area contributed by atoms with Crippen LogP contribution in [0, 0.1) is 0 Å². The largest absolute Gasteiger partial charge is 0.351 e. The van der Waals surface area contributed by atoms with Crippen molar-refractivity contribution < 1.29 is 4.79 Å². The van der Waals surface area contributed by atoms with Crippen molar-refractivity contribution in [2.75, 3.05) is 13.1 Å². The van der Waals surface area contributed by atoms with Gasteiger partial charge in [0.25, 0.3) is 5.91 Å². The van der Waals surface area contributed by atoms with E-state index in [2.05, 4.69) is 23.7 Å². The maximum absolute atomic E-state index is 11.9. The van der Waals surface area contributed by atoms with Gasteiger partial charge < -0.3 is 4.90 Å². The zero-order valence-electron chi connectivity index (χ0n) is 11.3. The minimum Gasteiger partial charge on any atom is -0.351 e. The Kier molecular flexibility index (Phi) is 6.79. The molecule has 1 aromatic carbocycles. The number of amidine groups is 1. The lowest BCUT2D eigenvalue weighted by Crippen LogP contribution is -2.26. The Balaban J connectivity index is 0.00000200. The van der Waals surface area contributed by atoms with Gasteiger partial charge in [-0.05, 0) is 49.4 Å². The number of hydrogen-bond acceptors (Lipinski definition) is 3. The summed E-state index contributed by atoms with van der Waals surface area (Å²) in [5.41, 5.74) is 0.955. The Bertz CT molecular complexity index is 539. The van der Waals surface area contributed by atoms with Crippen molar-refractivity contribution in [1.29, 1.82) is 0 Å². The van der Waals surface area contributed by atoms with Gasteiger partial charge in [0.15, 0.2) is 5.17 Å². The summed E-state index contributed by atoms with van der Waals surface area (Å²) in [7, 11) is 0. The van der Waals surface area contributed by atoms with E-state index in [9.17, 15) is 4.79 Å². The number of carbonyl (C=O) groups is 1. The number of carbonyl (C=O) groups excluding carboxylic acids is 1. The number of aliphatic imine (C=N–C) groups is 1. The van der Waals surface area contributed by atoms with Crippen LogP contribution < -0.4 is 0 Å². The van der Waals surface area contributed by atoms with Gasteiger partial charge in [-0.3, -0.25) is 4.79 Å². The average Bonchev–Trinajstić information content (AvgIpc) is 2.75. The third-order valence-corrected chi connectivity index (χ3v) is 4.11. The van der Waals surface area contributed by atoms with E-state index in [4.69, 9.17) is 11.6 Å². The normalized spacial score (nSPS) is 16.1. The van der Waals surface area contributed by atoms with Crippen molar-refractivity contribution in [3.05, 3.63) is 39.8 Å². The van der Waals surface area contributed by atoms with Crippen LogP contribution in [0.15, 0.2) is 34.2 Å². The van der Waals surface area contributed by atoms with Crippen LogP contribution in [0.5, 0.6) is 0 Å². The first-order valence-corrected chi connectivity index (χ1v) is 7.36. The number of rotatable bonds is 3. The van der Waals surface area contributed by atoms with Crippen molar-refractivity contribution >= 4 is 57.5 Å². The Morgan fingerprint density at radius 2 is 1.85 bits per heavy atom. The van der Waals surface area contributed by atoms with Crippen LogP contribution in [-0.4, -0.2) is 29.1 Å². The van der Waals surface area contributed by atoms with Gasteiger partial charge in [-0.1, -0.05) is 23.7 Å². The molecule has 0 atom stereocenters. The van der Waals surface area contributed by atoms with E-state index < -0.39 is 0 Å². The molecule has 1 aliphatic rings. The van der Waals surface area contributed by atoms with Crippen molar-refractivity contribution in [2.24, 2.45) is 4.99 Å². The van der Waals surface area contributed by atoms with Crippen LogP contribution in [-0.2, 0) is 4.79 Å². The molecule has 0 fully saturated rings. The third kappa shape index (κ3) is 4.11. The molecule has 1 aromatic rings. The molecule has 0 spiro atoms. The van der Waals surface area contributed by atoms with Crippen LogP contribution in [0.4, 0.5) is 0 Å². The van der Waals surface area contributed by atoms with Crippen LogP contribution in [0.3, 0.4) is 0 Å². The number of thioether (sulfide) groups is 1. The lowest BCUT2D eigenvalue weighted by Gasteiger charge is -2.18. The smallest absolute Gasteiger partial charge is 0.286 e. The lowest BCUT2D eigenvalue weighted by molar-refractivity contribution is -0.113. The molecule has 0 bridgehead atoms. The number of halogens is 2. The van der Waals surface area contributed by atoms with Gasteiger partial charge in [-0.15, -0.1) is 17.0 Å². The molecule has 2 rings (SSSR count). The van der Waals surface area contributed by atoms with Crippen LogP contribution in [0.1, 0.15) is 19.4 Å². The first kappa shape index (κ1) is 17.3. The van der Waals surface area contributed by atoms with Crippen LogP contribution >= 0.6 is 40.3 Å². The van der Waals surface area contributed by atoms with Gasteiger partial charge in [-0.2, -0.15) is 4.99 Å². The highest BCUT2D eigenvalue weighted by Gasteiger charge is 2.24. The number of hydrogen-bond donors (Lipinski definition) is 0. The van der Waals surface area contributed by atoms with E-state index in [0.29, 0.717) is 9.93 Å². The molecule has 108 valence electrons. The monoisotopic (exact) mass is 374 g/mol. The van der Waals surface area contributed by atoms with Crippen molar-refractivity contribution in [2.45, 2.75) is 13.8 Å². The van der Waals surface area contributed by atoms with E-state index >= 15 is 0 Å².